The van der Waals surface area contributed by atoms with Crippen molar-refractivity contribution in [2.45, 2.75) is 25.9 Å². The fraction of sp³-hybridized carbons (Fsp3) is 0.360. The van der Waals surface area contributed by atoms with Gasteiger partial charge in [-0.1, -0.05) is 36.4 Å². The molecule has 3 rings (SSSR count). The van der Waals surface area contributed by atoms with E-state index < -0.39 is 6.61 Å². The second kappa shape index (κ2) is 12.0. The molecule has 1 aliphatic heterocycles. The van der Waals surface area contributed by atoms with Crippen LogP contribution in [0.15, 0.2) is 54.6 Å². The lowest BCUT2D eigenvalue weighted by molar-refractivity contribution is -0.137. The van der Waals surface area contributed by atoms with Gasteiger partial charge in [0, 0.05) is 38.7 Å². The summed E-state index contributed by atoms with van der Waals surface area (Å²) in [6, 6.07) is 14.5. The molecule has 1 heterocycles. The first-order valence-corrected chi connectivity index (χ1v) is 10.9. The van der Waals surface area contributed by atoms with E-state index in [1.54, 1.807) is 17.0 Å². The number of halogens is 2. The maximum atomic E-state index is 12.5. The summed E-state index contributed by atoms with van der Waals surface area (Å²) in [6.07, 6.45) is 5.19. The molecule has 0 aliphatic carbocycles. The number of piperazine rings is 1. The van der Waals surface area contributed by atoms with Crippen LogP contribution in [0.2, 0.25) is 0 Å². The van der Waals surface area contributed by atoms with Gasteiger partial charge in [-0.05, 0) is 42.2 Å². The third-order valence-corrected chi connectivity index (χ3v) is 5.47. The molecular weight excluding hydrogens is 430 g/mol. The minimum absolute atomic E-state index is 0.0689. The molecule has 2 aromatic rings. The molecule has 1 saturated heterocycles. The van der Waals surface area contributed by atoms with Crippen LogP contribution in [0.5, 0.6) is 11.5 Å². The van der Waals surface area contributed by atoms with E-state index in [0.29, 0.717) is 38.2 Å². The lowest BCUT2D eigenvalue weighted by Gasteiger charge is -2.34. The molecule has 33 heavy (non-hydrogen) atoms. The fourth-order valence-corrected chi connectivity index (χ4v) is 3.68. The van der Waals surface area contributed by atoms with Gasteiger partial charge in [-0.25, -0.2) is 0 Å². The topological polar surface area (TPSA) is 59.1 Å². The summed E-state index contributed by atoms with van der Waals surface area (Å²) in [4.78, 5) is 28.5. The van der Waals surface area contributed by atoms with E-state index >= 15 is 0 Å². The summed E-state index contributed by atoms with van der Waals surface area (Å²) in [5, 5.41) is 0. The molecule has 2 amide bonds. The molecule has 1 fully saturated rings. The van der Waals surface area contributed by atoms with Crippen molar-refractivity contribution in [2.75, 3.05) is 33.3 Å². The summed E-state index contributed by atoms with van der Waals surface area (Å²) in [5.74, 6) is 0.0367. The highest BCUT2D eigenvalue weighted by Crippen LogP contribution is 2.29. The Kier molecular flexibility index (Phi) is 8.80. The van der Waals surface area contributed by atoms with Gasteiger partial charge in [0.25, 0.3) is 0 Å². The predicted octanol–water partition coefficient (Wildman–Crippen LogP) is 4.00. The second-order valence-electron chi connectivity index (χ2n) is 7.67. The molecule has 0 bridgehead atoms. The number of rotatable bonds is 9. The van der Waals surface area contributed by atoms with Gasteiger partial charge in [-0.2, -0.15) is 8.78 Å². The molecule has 1 aliphatic rings. The van der Waals surface area contributed by atoms with Gasteiger partial charge in [0.1, 0.15) is 0 Å². The van der Waals surface area contributed by atoms with E-state index in [1.807, 2.05) is 23.1 Å². The van der Waals surface area contributed by atoms with Crippen LogP contribution in [0, 0.1) is 0 Å². The lowest BCUT2D eigenvalue weighted by atomic mass is 10.1. The summed E-state index contributed by atoms with van der Waals surface area (Å²) in [7, 11) is 1.36. The molecule has 0 unspecified atom stereocenters. The zero-order valence-corrected chi connectivity index (χ0v) is 18.6. The van der Waals surface area contributed by atoms with Crippen molar-refractivity contribution in [3.8, 4) is 11.5 Å². The number of benzene rings is 2. The number of carbonyl (C=O) groups is 2. The lowest BCUT2D eigenvalue weighted by Crippen LogP contribution is -2.50. The van der Waals surface area contributed by atoms with Gasteiger partial charge >= 0.3 is 6.61 Å². The SMILES string of the molecule is COc1cc(/C=C/C(=O)N2CCN(C(=O)CCCc3ccccc3)CC2)ccc1OC(F)F. The van der Waals surface area contributed by atoms with E-state index in [9.17, 15) is 18.4 Å². The normalized spacial score (nSPS) is 14.1. The number of hydrogen-bond acceptors (Lipinski definition) is 4. The van der Waals surface area contributed by atoms with E-state index in [1.165, 1.54) is 30.9 Å². The molecule has 0 saturated carbocycles. The third kappa shape index (κ3) is 7.30. The van der Waals surface area contributed by atoms with Crippen molar-refractivity contribution >= 4 is 17.9 Å². The van der Waals surface area contributed by atoms with Crippen molar-refractivity contribution in [1.82, 2.24) is 9.80 Å². The summed E-state index contributed by atoms with van der Waals surface area (Å²) < 4.78 is 34.4. The maximum Gasteiger partial charge on any atom is 0.387 e. The Morgan fingerprint density at radius 2 is 1.70 bits per heavy atom. The zero-order chi connectivity index (χ0) is 23.6. The Hall–Kier alpha value is -3.42. The van der Waals surface area contributed by atoms with Crippen molar-refractivity contribution in [2.24, 2.45) is 0 Å². The maximum absolute atomic E-state index is 12.5. The summed E-state index contributed by atoms with van der Waals surface area (Å²) >= 11 is 0. The van der Waals surface area contributed by atoms with Crippen LogP contribution in [-0.4, -0.2) is 61.5 Å². The highest BCUT2D eigenvalue weighted by atomic mass is 19.3. The van der Waals surface area contributed by atoms with Crippen molar-refractivity contribution in [3.63, 3.8) is 0 Å². The minimum atomic E-state index is -2.95. The molecule has 2 aromatic carbocycles. The molecule has 6 nitrogen and oxygen atoms in total. The minimum Gasteiger partial charge on any atom is -0.493 e. The Morgan fingerprint density at radius 3 is 2.36 bits per heavy atom. The first-order valence-electron chi connectivity index (χ1n) is 10.9. The van der Waals surface area contributed by atoms with Crippen LogP contribution < -0.4 is 9.47 Å². The van der Waals surface area contributed by atoms with Crippen molar-refractivity contribution in [1.29, 1.82) is 0 Å². The zero-order valence-electron chi connectivity index (χ0n) is 18.6. The molecule has 0 radical (unpaired) electrons. The van der Waals surface area contributed by atoms with E-state index in [0.717, 1.165) is 12.8 Å². The van der Waals surface area contributed by atoms with Gasteiger partial charge in [0.2, 0.25) is 11.8 Å². The van der Waals surface area contributed by atoms with Gasteiger partial charge < -0.3 is 19.3 Å². The molecule has 8 heteroatoms. The Balaban J connectivity index is 1.45. The van der Waals surface area contributed by atoms with Crippen LogP contribution in [0.1, 0.15) is 24.0 Å². The smallest absolute Gasteiger partial charge is 0.387 e. The number of aryl methyl sites for hydroxylation is 1. The van der Waals surface area contributed by atoms with Crippen LogP contribution >= 0.6 is 0 Å². The van der Waals surface area contributed by atoms with E-state index in [4.69, 9.17) is 4.74 Å². The number of alkyl halides is 2. The van der Waals surface area contributed by atoms with Gasteiger partial charge in [-0.3, -0.25) is 9.59 Å². The summed E-state index contributed by atoms with van der Waals surface area (Å²) in [5.41, 5.74) is 1.84. The quantitative estimate of drug-likeness (QED) is 0.533. The number of methoxy groups -OCH3 is 1. The van der Waals surface area contributed by atoms with Crippen LogP contribution in [0.25, 0.3) is 6.08 Å². The van der Waals surface area contributed by atoms with Crippen LogP contribution in [-0.2, 0) is 16.0 Å². The standard InChI is InChI=1S/C25H28F2N2O4/c1-32-22-18-20(10-12-21(22)33-25(26)27)11-13-24(31)29-16-14-28(15-17-29)23(30)9-5-8-19-6-3-2-4-7-19/h2-4,6-7,10-13,18,25H,5,8-9,14-17H2,1H3/b13-11+. The number of amides is 2. The predicted molar refractivity (Wildman–Crippen MR) is 121 cm³/mol. The number of hydrogen-bond donors (Lipinski definition) is 0. The van der Waals surface area contributed by atoms with Gasteiger partial charge in [0.05, 0.1) is 7.11 Å². The molecule has 0 N–H and O–H groups in total. The third-order valence-electron chi connectivity index (χ3n) is 5.47. The average molecular weight is 459 g/mol. The largest absolute Gasteiger partial charge is 0.493 e. The first kappa shape index (κ1) is 24.2. The molecule has 0 spiro atoms. The highest BCUT2D eigenvalue weighted by molar-refractivity contribution is 5.92. The number of ether oxygens (including phenoxy) is 2. The molecule has 176 valence electrons. The molecule has 0 aromatic heterocycles. The Bertz CT molecular complexity index is 958. The average Bonchev–Trinajstić information content (AvgIpc) is 2.83. The van der Waals surface area contributed by atoms with Crippen molar-refractivity contribution < 1.29 is 27.8 Å². The summed E-state index contributed by atoms with van der Waals surface area (Å²) in [6.45, 7) is -0.985. The van der Waals surface area contributed by atoms with Gasteiger partial charge in [0.15, 0.2) is 11.5 Å². The monoisotopic (exact) mass is 458 g/mol. The fourth-order valence-electron chi connectivity index (χ4n) is 3.68. The molecule has 0 atom stereocenters. The van der Waals surface area contributed by atoms with Crippen LogP contribution in [0.3, 0.4) is 0 Å². The second-order valence-corrected chi connectivity index (χ2v) is 7.67. The van der Waals surface area contributed by atoms with Crippen LogP contribution in [0.4, 0.5) is 8.78 Å². The van der Waals surface area contributed by atoms with Crippen molar-refractivity contribution in [3.05, 3.63) is 65.7 Å². The first-order chi connectivity index (χ1) is 16.0. The Morgan fingerprint density at radius 1 is 1.00 bits per heavy atom. The van der Waals surface area contributed by atoms with E-state index in [-0.39, 0.29) is 23.3 Å². The highest BCUT2D eigenvalue weighted by Gasteiger charge is 2.22. The molecular formula is C25H28F2N2O4. The number of nitrogens with zero attached hydrogens (tertiary/aromatic N) is 2. The van der Waals surface area contributed by atoms with Gasteiger partial charge in [-0.15, -0.1) is 0 Å². The Labute approximate surface area is 192 Å². The van der Waals surface area contributed by atoms with E-state index in [2.05, 4.69) is 16.9 Å². The number of carbonyl (C=O) groups excluding carboxylic acids is 2.